The Hall–Kier alpha value is -2.13. The van der Waals surface area contributed by atoms with Gasteiger partial charge in [-0.25, -0.2) is 18.4 Å². The Morgan fingerprint density at radius 1 is 1.08 bits per heavy atom. The van der Waals surface area contributed by atoms with Crippen molar-refractivity contribution < 1.29 is 22.7 Å². The molecular weight excluding hydrogens is 391 g/mol. The molecule has 0 saturated carbocycles. The van der Waals surface area contributed by atoms with Gasteiger partial charge in [0.25, 0.3) is 5.91 Å². The van der Waals surface area contributed by atoms with Crippen LogP contribution in [0.2, 0.25) is 10.0 Å². The van der Waals surface area contributed by atoms with E-state index in [0.717, 1.165) is 12.1 Å². The van der Waals surface area contributed by atoms with Crippen molar-refractivity contribution in [3.05, 3.63) is 58.1 Å². The van der Waals surface area contributed by atoms with Crippen LogP contribution in [0.3, 0.4) is 0 Å². The number of ether oxygens (including phenoxy) is 1. The van der Waals surface area contributed by atoms with Gasteiger partial charge in [-0.05, 0) is 24.3 Å². The summed E-state index contributed by atoms with van der Waals surface area (Å²) in [6.07, 6.45) is 0. The third kappa shape index (κ3) is 5.17. The molecule has 0 spiro atoms. The fourth-order valence-corrected chi connectivity index (χ4v) is 3.07. The lowest BCUT2D eigenvalue weighted by molar-refractivity contribution is -0.119. The van der Waals surface area contributed by atoms with E-state index in [9.17, 15) is 18.0 Å². The van der Waals surface area contributed by atoms with Gasteiger partial charge < -0.3 is 10.1 Å². The molecule has 0 fully saturated rings. The van der Waals surface area contributed by atoms with Crippen LogP contribution in [0.4, 0.5) is 5.69 Å². The summed E-state index contributed by atoms with van der Waals surface area (Å²) in [6.45, 7) is -0.572. The van der Waals surface area contributed by atoms with E-state index in [2.05, 4.69) is 5.32 Å². The third-order valence-corrected chi connectivity index (χ3v) is 4.44. The van der Waals surface area contributed by atoms with Crippen LogP contribution < -0.4 is 10.5 Å². The predicted molar refractivity (Wildman–Crippen MR) is 93.2 cm³/mol. The molecule has 2 aromatic carbocycles. The third-order valence-electron chi connectivity index (χ3n) is 2.95. The SMILES string of the molecule is NS(=O)(=O)c1cc(Cl)c(NC(=O)COC(=O)c2ccccc2)c(Cl)c1. The van der Waals surface area contributed by atoms with Gasteiger partial charge in [0.1, 0.15) is 0 Å². The van der Waals surface area contributed by atoms with E-state index >= 15 is 0 Å². The Kier molecular flexibility index (Phi) is 6.02. The number of sulfonamides is 1. The molecule has 3 N–H and O–H groups in total. The second-order valence-corrected chi connectivity index (χ2v) is 7.17. The Morgan fingerprint density at radius 2 is 1.64 bits per heavy atom. The van der Waals surface area contributed by atoms with Crippen LogP contribution >= 0.6 is 23.2 Å². The van der Waals surface area contributed by atoms with E-state index in [1.807, 2.05) is 0 Å². The van der Waals surface area contributed by atoms with Crippen molar-refractivity contribution in [3.63, 3.8) is 0 Å². The number of carbonyl (C=O) groups excluding carboxylic acids is 2. The maximum Gasteiger partial charge on any atom is 0.338 e. The molecule has 1 amide bonds. The zero-order valence-electron chi connectivity index (χ0n) is 12.5. The van der Waals surface area contributed by atoms with Crippen LogP contribution in [0.1, 0.15) is 10.4 Å². The Balaban J connectivity index is 2.05. The van der Waals surface area contributed by atoms with Crippen LogP contribution in [0.25, 0.3) is 0 Å². The smallest absolute Gasteiger partial charge is 0.338 e. The van der Waals surface area contributed by atoms with Gasteiger partial charge in [0.05, 0.1) is 26.2 Å². The summed E-state index contributed by atoms with van der Waals surface area (Å²) in [4.78, 5) is 23.3. The molecule has 0 aromatic heterocycles. The van der Waals surface area contributed by atoms with Gasteiger partial charge in [-0.15, -0.1) is 0 Å². The topological polar surface area (TPSA) is 116 Å². The van der Waals surface area contributed by atoms with Gasteiger partial charge in [0.2, 0.25) is 10.0 Å². The molecule has 7 nitrogen and oxygen atoms in total. The molecule has 0 heterocycles. The molecule has 0 aliphatic rings. The van der Waals surface area contributed by atoms with E-state index in [1.165, 1.54) is 0 Å². The highest BCUT2D eigenvalue weighted by molar-refractivity contribution is 7.89. The molecule has 0 aliphatic carbocycles. The summed E-state index contributed by atoms with van der Waals surface area (Å²) in [5, 5.41) is 7.09. The summed E-state index contributed by atoms with van der Waals surface area (Å²) in [6, 6.07) is 10.2. The molecule has 0 unspecified atom stereocenters. The largest absolute Gasteiger partial charge is 0.452 e. The zero-order valence-corrected chi connectivity index (χ0v) is 14.9. The first-order valence-electron chi connectivity index (χ1n) is 6.72. The van der Waals surface area contributed by atoms with Gasteiger partial charge >= 0.3 is 5.97 Å². The first-order valence-corrected chi connectivity index (χ1v) is 9.02. The highest BCUT2D eigenvalue weighted by atomic mass is 35.5. The zero-order chi connectivity index (χ0) is 18.6. The van der Waals surface area contributed by atoms with E-state index in [-0.39, 0.29) is 20.6 Å². The number of benzene rings is 2. The fourth-order valence-electron chi connectivity index (χ4n) is 1.80. The number of hydrogen-bond acceptors (Lipinski definition) is 5. The quantitative estimate of drug-likeness (QED) is 0.744. The first-order chi connectivity index (χ1) is 11.7. The Labute approximate surface area is 153 Å². The van der Waals surface area contributed by atoms with Crippen molar-refractivity contribution in [3.8, 4) is 0 Å². The van der Waals surface area contributed by atoms with E-state index < -0.39 is 28.5 Å². The first kappa shape index (κ1) is 19.2. The number of nitrogens with one attached hydrogen (secondary N) is 1. The summed E-state index contributed by atoms with van der Waals surface area (Å²) in [7, 11) is -4.00. The fraction of sp³-hybridized carbons (Fsp3) is 0.0667. The van der Waals surface area contributed by atoms with Gasteiger partial charge in [-0.3, -0.25) is 4.79 Å². The van der Waals surface area contributed by atoms with Crippen molar-refractivity contribution in [1.29, 1.82) is 0 Å². The summed E-state index contributed by atoms with van der Waals surface area (Å²) in [5.74, 6) is -1.37. The lowest BCUT2D eigenvalue weighted by Crippen LogP contribution is -2.21. The average molecular weight is 403 g/mol. The van der Waals surface area contributed by atoms with Crippen LogP contribution in [0, 0.1) is 0 Å². The lowest BCUT2D eigenvalue weighted by Gasteiger charge is -2.11. The van der Waals surface area contributed by atoms with Crippen molar-refractivity contribution in [2.75, 3.05) is 11.9 Å². The normalized spacial score (nSPS) is 11.0. The second kappa shape index (κ2) is 7.83. The molecule has 2 rings (SSSR count). The van der Waals surface area contributed by atoms with Crippen LogP contribution in [-0.4, -0.2) is 26.9 Å². The minimum atomic E-state index is -4.00. The minimum Gasteiger partial charge on any atom is -0.452 e. The molecule has 0 aliphatic heterocycles. The van der Waals surface area contributed by atoms with Gasteiger partial charge in [0.15, 0.2) is 6.61 Å². The molecule has 0 bridgehead atoms. The predicted octanol–water partition coefficient (Wildman–Crippen LogP) is 2.44. The highest BCUT2D eigenvalue weighted by Crippen LogP contribution is 2.33. The van der Waals surface area contributed by atoms with Gasteiger partial charge in [-0.1, -0.05) is 41.4 Å². The summed E-state index contributed by atoms with van der Waals surface area (Å²) >= 11 is 11.8. The summed E-state index contributed by atoms with van der Waals surface area (Å²) < 4.78 is 27.5. The number of amides is 1. The number of esters is 1. The summed E-state index contributed by atoms with van der Waals surface area (Å²) in [5.41, 5.74) is 0.278. The molecule has 0 saturated heterocycles. The highest BCUT2D eigenvalue weighted by Gasteiger charge is 2.17. The number of nitrogens with two attached hydrogens (primary N) is 1. The maximum atomic E-state index is 11.9. The number of rotatable bonds is 5. The molecule has 0 atom stereocenters. The van der Waals surface area contributed by atoms with E-state index in [4.69, 9.17) is 33.1 Å². The second-order valence-electron chi connectivity index (χ2n) is 4.80. The molecule has 10 heteroatoms. The van der Waals surface area contributed by atoms with Crippen LogP contribution in [-0.2, 0) is 19.6 Å². The lowest BCUT2D eigenvalue weighted by atomic mass is 10.2. The van der Waals surface area contributed by atoms with Crippen molar-refractivity contribution in [1.82, 2.24) is 0 Å². The van der Waals surface area contributed by atoms with Crippen molar-refractivity contribution in [2.45, 2.75) is 4.90 Å². The molecular formula is C15H12Cl2N2O5S. The van der Waals surface area contributed by atoms with Gasteiger partial charge in [0, 0.05) is 0 Å². The van der Waals surface area contributed by atoms with Crippen LogP contribution in [0.5, 0.6) is 0 Å². The molecule has 2 aromatic rings. The number of halogens is 2. The molecule has 132 valence electrons. The number of carbonyl (C=O) groups is 2. The standard InChI is InChI=1S/C15H12Cl2N2O5S/c16-11-6-10(25(18,22)23)7-12(17)14(11)19-13(20)8-24-15(21)9-4-2-1-3-5-9/h1-7H,8H2,(H,19,20)(H2,18,22,23). The Morgan fingerprint density at radius 3 is 2.16 bits per heavy atom. The van der Waals surface area contributed by atoms with Crippen molar-refractivity contribution in [2.24, 2.45) is 5.14 Å². The monoisotopic (exact) mass is 402 g/mol. The van der Waals surface area contributed by atoms with Crippen LogP contribution in [0.15, 0.2) is 47.4 Å². The maximum absolute atomic E-state index is 11.9. The number of hydrogen-bond donors (Lipinski definition) is 2. The molecule has 0 radical (unpaired) electrons. The molecule has 25 heavy (non-hydrogen) atoms. The van der Waals surface area contributed by atoms with Crippen molar-refractivity contribution >= 4 is 50.8 Å². The Bertz CT molecular complexity index is 894. The number of primary sulfonamides is 1. The van der Waals surface area contributed by atoms with E-state index in [0.29, 0.717) is 5.56 Å². The van der Waals surface area contributed by atoms with E-state index in [1.54, 1.807) is 30.3 Å². The minimum absolute atomic E-state index is 0.0171. The average Bonchev–Trinajstić information content (AvgIpc) is 2.55. The number of anilines is 1. The van der Waals surface area contributed by atoms with Gasteiger partial charge in [-0.2, -0.15) is 0 Å².